The van der Waals surface area contributed by atoms with Crippen molar-refractivity contribution in [3.05, 3.63) is 59.7 Å². The van der Waals surface area contributed by atoms with Crippen molar-refractivity contribution in [2.75, 3.05) is 22.9 Å². The molecule has 3 rings (SSSR count). The van der Waals surface area contributed by atoms with Gasteiger partial charge in [0, 0.05) is 22.5 Å². The minimum absolute atomic E-state index is 0.0906. The molecule has 0 aromatic heterocycles. The summed E-state index contributed by atoms with van der Waals surface area (Å²) in [7, 11) is 0. The van der Waals surface area contributed by atoms with Crippen LogP contribution >= 0.6 is 0 Å². The van der Waals surface area contributed by atoms with E-state index in [1.165, 1.54) is 24.3 Å². The number of hydrogen-bond donors (Lipinski definition) is 2. The van der Waals surface area contributed by atoms with E-state index < -0.39 is 12.2 Å². The number of anilines is 2. The van der Waals surface area contributed by atoms with Gasteiger partial charge in [0.25, 0.3) is 0 Å². The number of ether oxygens (including phenoxy) is 1. The molecule has 1 aliphatic rings. The number of rotatable bonds is 8. The Balaban J connectivity index is 1.64. The molecule has 9 heteroatoms. The van der Waals surface area contributed by atoms with E-state index in [1.807, 2.05) is 0 Å². The van der Waals surface area contributed by atoms with Crippen LogP contribution in [0.2, 0.25) is 0 Å². The van der Waals surface area contributed by atoms with Crippen molar-refractivity contribution >= 4 is 36.1 Å². The summed E-state index contributed by atoms with van der Waals surface area (Å²) in [5.74, 6) is 0. The van der Waals surface area contributed by atoms with Gasteiger partial charge in [-0.3, -0.25) is 19.4 Å². The first-order chi connectivity index (χ1) is 14.9. The number of hydrogen-bond acceptors (Lipinski definition) is 5. The Kier molecular flexibility index (Phi) is 6.99. The van der Waals surface area contributed by atoms with E-state index in [0.29, 0.717) is 47.9 Å². The summed E-state index contributed by atoms with van der Waals surface area (Å²) < 4.78 is 5.93. The lowest BCUT2D eigenvalue weighted by molar-refractivity contribution is 0.0528. The summed E-state index contributed by atoms with van der Waals surface area (Å²) >= 11 is 0. The smallest absolute Gasteiger partial charge is 0.411 e. The highest BCUT2D eigenvalue weighted by Gasteiger charge is 2.31. The summed E-state index contributed by atoms with van der Waals surface area (Å²) in [5.41, 5.74) is 1.74. The van der Waals surface area contributed by atoms with Crippen molar-refractivity contribution in [3.63, 3.8) is 0 Å². The van der Waals surface area contributed by atoms with Crippen LogP contribution in [0.4, 0.5) is 21.0 Å². The molecule has 2 atom stereocenters. The lowest BCUT2D eigenvalue weighted by Gasteiger charge is -2.25. The first kappa shape index (κ1) is 22.0. The van der Waals surface area contributed by atoms with E-state index in [2.05, 4.69) is 0 Å². The topological polar surface area (TPSA) is 124 Å². The van der Waals surface area contributed by atoms with Crippen LogP contribution in [0.25, 0.3) is 0 Å². The third-order valence-electron chi connectivity index (χ3n) is 5.11. The normalized spacial score (nSPS) is 17.7. The molecular weight excluding hydrogens is 404 g/mol. The fourth-order valence-corrected chi connectivity index (χ4v) is 3.51. The second-order valence-corrected chi connectivity index (χ2v) is 7.16. The number of carbonyl (C=O) groups is 4. The lowest BCUT2D eigenvalue weighted by atomic mass is 10.1. The van der Waals surface area contributed by atoms with Crippen molar-refractivity contribution in [1.82, 2.24) is 0 Å². The molecule has 1 heterocycles. The van der Waals surface area contributed by atoms with Gasteiger partial charge in [0.15, 0.2) is 0 Å². The zero-order valence-corrected chi connectivity index (χ0v) is 16.6. The van der Waals surface area contributed by atoms with Gasteiger partial charge in [0.2, 0.25) is 0 Å². The van der Waals surface area contributed by atoms with Gasteiger partial charge in [-0.05, 0) is 61.4 Å². The van der Waals surface area contributed by atoms with Crippen LogP contribution in [0, 0.1) is 0 Å². The lowest BCUT2D eigenvalue weighted by Crippen LogP contribution is -2.39. The molecule has 2 aromatic carbocycles. The van der Waals surface area contributed by atoms with Crippen LogP contribution in [0.15, 0.2) is 48.5 Å². The van der Waals surface area contributed by atoms with E-state index in [4.69, 9.17) is 4.74 Å². The van der Waals surface area contributed by atoms with Gasteiger partial charge >= 0.3 is 12.2 Å². The minimum atomic E-state index is -1.15. The first-order valence-electron chi connectivity index (χ1n) is 9.68. The van der Waals surface area contributed by atoms with Gasteiger partial charge in [0.1, 0.15) is 12.6 Å². The van der Waals surface area contributed by atoms with Crippen LogP contribution in [0.1, 0.15) is 33.6 Å². The molecule has 0 radical (unpaired) electrons. The molecule has 0 spiro atoms. The Morgan fingerprint density at radius 1 is 0.774 bits per heavy atom. The number of carboxylic acid groups (broad SMARTS) is 2. The second-order valence-electron chi connectivity index (χ2n) is 7.16. The number of amides is 2. The molecule has 2 amide bonds. The number of aldehydes is 2. The molecule has 1 aliphatic heterocycles. The molecule has 162 valence electrons. The Hall–Kier alpha value is -3.72. The average molecular weight is 426 g/mol. The number of nitrogens with zero attached hydrogens (tertiary/aromatic N) is 2. The Morgan fingerprint density at radius 2 is 1.13 bits per heavy atom. The van der Waals surface area contributed by atoms with Crippen molar-refractivity contribution in [1.29, 1.82) is 0 Å². The molecule has 1 fully saturated rings. The molecule has 31 heavy (non-hydrogen) atoms. The zero-order chi connectivity index (χ0) is 22.4. The van der Waals surface area contributed by atoms with Crippen molar-refractivity contribution in [2.45, 2.75) is 25.0 Å². The largest absolute Gasteiger partial charge is 0.465 e. The van der Waals surface area contributed by atoms with E-state index in [-0.39, 0.29) is 25.3 Å². The van der Waals surface area contributed by atoms with Gasteiger partial charge in [-0.15, -0.1) is 0 Å². The predicted molar refractivity (Wildman–Crippen MR) is 112 cm³/mol. The summed E-state index contributed by atoms with van der Waals surface area (Å²) in [4.78, 5) is 47.3. The minimum Gasteiger partial charge on any atom is -0.465 e. The quantitative estimate of drug-likeness (QED) is 0.619. The third-order valence-corrected chi connectivity index (χ3v) is 5.11. The molecule has 0 aliphatic carbocycles. The highest BCUT2D eigenvalue weighted by molar-refractivity contribution is 5.88. The Bertz CT molecular complexity index is 866. The monoisotopic (exact) mass is 426 g/mol. The average Bonchev–Trinajstić information content (AvgIpc) is 3.23. The van der Waals surface area contributed by atoms with Crippen LogP contribution in [0.5, 0.6) is 0 Å². The molecule has 1 saturated heterocycles. The number of benzene rings is 2. The molecule has 9 nitrogen and oxygen atoms in total. The number of carbonyl (C=O) groups excluding carboxylic acids is 2. The first-order valence-corrected chi connectivity index (χ1v) is 9.68. The maximum absolute atomic E-state index is 11.7. The summed E-state index contributed by atoms with van der Waals surface area (Å²) in [6.07, 6.45) is -0.543. The maximum Gasteiger partial charge on any atom is 0.411 e. The van der Waals surface area contributed by atoms with Crippen molar-refractivity contribution in [2.24, 2.45) is 0 Å². The summed E-state index contributed by atoms with van der Waals surface area (Å²) in [6, 6.07) is 12.4. The summed E-state index contributed by atoms with van der Waals surface area (Å²) in [5, 5.41) is 19.2. The van der Waals surface area contributed by atoms with Crippen LogP contribution in [-0.4, -0.2) is 60.3 Å². The molecular formula is C22H22N2O7. The SMILES string of the molecule is O=Cc1ccc(N(C[C@@H]2CC[C@@H](CN(C(=O)O)c3ccc(C=O)cc3)O2)C(=O)O)cc1. The fraction of sp³-hybridized carbons (Fsp3) is 0.273. The van der Waals surface area contributed by atoms with Crippen LogP contribution in [0.3, 0.4) is 0 Å². The van der Waals surface area contributed by atoms with E-state index in [1.54, 1.807) is 24.3 Å². The van der Waals surface area contributed by atoms with E-state index in [9.17, 15) is 29.4 Å². The predicted octanol–water partition coefficient (Wildman–Crippen LogP) is 3.53. The summed E-state index contributed by atoms with van der Waals surface area (Å²) in [6.45, 7) is 0.181. The fourth-order valence-electron chi connectivity index (χ4n) is 3.51. The maximum atomic E-state index is 11.7. The van der Waals surface area contributed by atoms with Gasteiger partial charge in [-0.1, -0.05) is 0 Å². The van der Waals surface area contributed by atoms with Gasteiger partial charge in [0.05, 0.1) is 25.3 Å². The highest BCUT2D eigenvalue weighted by Crippen LogP contribution is 2.26. The van der Waals surface area contributed by atoms with Crippen LogP contribution in [-0.2, 0) is 4.74 Å². The molecule has 0 bridgehead atoms. The van der Waals surface area contributed by atoms with Crippen molar-refractivity contribution in [3.8, 4) is 0 Å². The zero-order valence-electron chi connectivity index (χ0n) is 16.6. The van der Waals surface area contributed by atoms with Gasteiger partial charge in [-0.2, -0.15) is 0 Å². The van der Waals surface area contributed by atoms with Crippen LogP contribution < -0.4 is 9.80 Å². The van der Waals surface area contributed by atoms with E-state index >= 15 is 0 Å². The highest BCUT2D eigenvalue weighted by atomic mass is 16.5. The molecule has 2 N–H and O–H groups in total. The standard InChI is InChI=1S/C22H22N2O7/c25-13-15-1-5-17(6-2-15)23(21(27)28)11-19-9-10-20(31-19)12-24(22(29)30)18-7-3-16(14-26)4-8-18/h1-8,13-14,19-20H,9-12H2,(H,27,28)(H,29,30)/t19-,20-/m0/s1. The second kappa shape index (κ2) is 9.86. The van der Waals surface area contributed by atoms with Crippen molar-refractivity contribution < 1.29 is 34.1 Å². The third kappa shape index (κ3) is 5.46. The van der Waals surface area contributed by atoms with Gasteiger partial charge < -0.3 is 14.9 Å². The molecule has 2 aromatic rings. The Morgan fingerprint density at radius 3 is 1.42 bits per heavy atom. The van der Waals surface area contributed by atoms with E-state index in [0.717, 1.165) is 9.80 Å². The molecule has 0 unspecified atom stereocenters. The molecule has 0 saturated carbocycles. The Labute approximate surface area is 178 Å². The van der Waals surface area contributed by atoms with Gasteiger partial charge in [-0.25, -0.2) is 9.59 Å².